The third-order valence-corrected chi connectivity index (χ3v) is 3.78. The summed E-state index contributed by atoms with van der Waals surface area (Å²) in [7, 11) is 0. The number of halogens is 3. The number of nitrogens with one attached hydrogen (secondary N) is 2. The van der Waals surface area contributed by atoms with Gasteiger partial charge < -0.3 is 15.4 Å². The third kappa shape index (κ3) is 5.74. The molecule has 1 aliphatic rings. The molecule has 0 bridgehead atoms. The van der Waals surface area contributed by atoms with Gasteiger partial charge in [0.25, 0.3) is 0 Å². The summed E-state index contributed by atoms with van der Waals surface area (Å²) in [5.74, 6) is 0.0584. The largest absolute Gasteiger partial charge is 0.484 e. The summed E-state index contributed by atoms with van der Waals surface area (Å²) in [4.78, 5) is 12.1. The fraction of sp³-hybridized carbons (Fsp3) is 0.562. The van der Waals surface area contributed by atoms with Crippen molar-refractivity contribution >= 4 is 5.91 Å². The van der Waals surface area contributed by atoms with Crippen molar-refractivity contribution in [3.8, 4) is 5.75 Å². The van der Waals surface area contributed by atoms with Gasteiger partial charge in [0.05, 0.1) is 0 Å². The van der Waals surface area contributed by atoms with Gasteiger partial charge in [0, 0.05) is 18.0 Å². The lowest BCUT2D eigenvalue weighted by Gasteiger charge is -2.22. The standard InChI is InChI=1S/C16H21F3N2O2/c1-11-2-3-13(14(8-11)23-10-16(17,18)19)9-21-15(22)12-4-6-20-7-5-12/h2-3,8,12,20H,4-7,9-10H2,1H3,(H,21,22). The van der Waals surface area contributed by atoms with Crippen LogP contribution in [0.5, 0.6) is 5.75 Å². The zero-order chi connectivity index (χ0) is 16.9. The first-order valence-electron chi connectivity index (χ1n) is 7.62. The van der Waals surface area contributed by atoms with Crippen molar-refractivity contribution in [1.29, 1.82) is 0 Å². The average Bonchev–Trinajstić information content (AvgIpc) is 2.52. The lowest BCUT2D eigenvalue weighted by atomic mass is 9.97. The van der Waals surface area contributed by atoms with Crippen molar-refractivity contribution in [2.45, 2.75) is 32.5 Å². The quantitative estimate of drug-likeness (QED) is 0.872. The second kappa shape index (κ2) is 7.68. The number of carbonyl (C=O) groups excluding carboxylic acids is 1. The molecule has 128 valence electrons. The molecule has 0 unspecified atom stereocenters. The summed E-state index contributed by atoms with van der Waals surface area (Å²) in [6, 6.07) is 5.02. The van der Waals surface area contributed by atoms with Crippen LogP contribution >= 0.6 is 0 Å². The second-order valence-electron chi connectivity index (χ2n) is 5.76. The first-order chi connectivity index (χ1) is 10.8. The number of hydrogen-bond acceptors (Lipinski definition) is 3. The molecule has 0 radical (unpaired) electrons. The van der Waals surface area contributed by atoms with Gasteiger partial charge in [-0.15, -0.1) is 0 Å². The Kier molecular flexibility index (Phi) is 5.87. The van der Waals surface area contributed by atoms with E-state index in [4.69, 9.17) is 4.74 Å². The van der Waals surface area contributed by atoms with Crippen molar-refractivity contribution in [2.24, 2.45) is 5.92 Å². The van der Waals surface area contributed by atoms with Gasteiger partial charge in [-0.3, -0.25) is 4.79 Å². The van der Waals surface area contributed by atoms with E-state index in [1.807, 2.05) is 0 Å². The van der Waals surface area contributed by atoms with Crippen molar-refractivity contribution in [2.75, 3.05) is 19.7 Å². The molecular formula is C16H21F3N2O2. The Labute approximate surface area is 133 Å². The van der Waals surface area contributed by atoms with E-state index in [2.05, 4.69) is 10.6 Å². The van der Waals surface area contributed by atoms with Crippen LogP contribution in [0.2, 0.25) is 0 Å². The van der Waals surface area contributed by atoms with Crippen LogP contribution in [-0.2, 0) is 11.3 Å². The zero-order valence-electron chi connectivity index (χ0n) is 13.0. The van der Waals surface area contributed by atoms with E-state index in [1.54, 1.807) is 25.1 Å². The van der Waals surface area contributed by atoms with Gasteiger partial charge in [0.15, 0.2) is 6.61 Å². The molecule has 23 heavy (non-hydrogen) atoms. The summed E-state index contributed by atoms with van der Waals surface area (Å²) in [5, 5.41) is 5.98. The summed E-state index contributed by atoms with van der Waals surface area (Å²) < 4.78 is 41.9. The molecule has 4 nitrogen and oxygen atoms in total. The van der Waals surface area contributed by atoms with Gasteiger partial charge in [0.2, 0.25) is 5.91 Å². The highest BCUT2D eigenvalue weighted by molar-refractivity contribution is 5.78. The molecule has 1 saturated heterocycles. The number of hydrogen-bond donors (Lipinski definition) is 2. The molecule has 1 aromatic carbocycles. The van der Waals surface area contributed by atoms with Gasteiger partial charge in [-0.05, 0) is 44.5 Å². The van der Waals surface area contributed by atoms with Crippen LogP contribution in [0.1, 0.15) is 24.0 Å². The summed E-state index contributed by atoms with van der Waals surface area (Å²) >= 11 is 0. The summed E-state index contributed by atoms with van der Waals surface area (Å²) in [6.07, 6.45) is -2.84. The molecule has 7 heteroatoms. The highest BCUT2D eigenvalue weighted by Crippen LogP contribution is 2.24. The van der Waals surface area contributed by atoms with Crippen molar-refractivity contribution in [3.63, 3.8) is 0 Å². The number of alkyl halides is 3. The number of amides is 1. The highest BCUT2D eigenvalue weighted by Gasteiger charge is 2.29. The molecule has 0 aliphatic carbocycles. The van der Waals surface area contributed by atoms with Crippen molar-refractivity contribution in [3.05, 3.63) is 29.3 Å². The van der Waals surface area contributed by atoms with Crippen LogP contribution in [0.15, 0.2) is 18.2 Å². The van der Waals surface area contributed by atoms with E-state index >= 15 is 0 Å². The van der Waals surface area contributed by atoms with Gasteiger partial charge >= 0.3 is 6.18 Å². The van der Waals surface area contributed by atoms with Gasteiger partial charge in [-0.1, -0.05) is 12.1 Å². The molecule has 0 spiro atoms. The Morgan fingerprint density at radius 2 is 2.04 bits per heavy atom. The van der Waals surface area contributed by atoms with Crippen LogP contribution in [0.25, 0.3) is 0 Å². The summed E-state index contributed by atoms with van der Waals surface area (Å²) in [6.45, 7) is 2.21. The fourth-order valence-electron chi connectivity index (χ4n) is 2.51. The molecule has 1 fully saturated rings. The predicted octanol–water partition coefficient (Wildman–Crippen LogP) is 2.55. The monoisotopic (exact) mass is 330 g/mol. The van der Waals surface area contributed by atoms with Crippen molar-refractivity contribution < 1.29 is 22.7 Å². The molecule has 1 aliphatic heterocycles. The second-order valence-corrected chi connectivity index (χ2v) is 5.76. The maximum Gasteiger partial charge on any atom is 0.422 e. The molecule has 1 aromatic rings. The van der Waals surface area contributed by atoms with Gasteiger partial charge in [-0.2, -0.15) is 13.2 Å². The first-order valence-corrected chi connectivity index (χ1v) is 7.62. The maximum atomic E-state index is 12.3. The Morgan fingerprint density at radius 3 is 2.70 bits per heavy atom. The lowest BCUT2D eigenvalue weighted by molar-refractivity contribution is -0.153. The lowest BCUT2D eigenvalue weighted by Crippen LogP contribution is -2.37. The number of ether oxygens (including phenoxy) is 1. The van der Waals surface area contributed by atoms with Crippen LogP contribution in [0.3, 0.4) is 0 Å². The van der Waals surface area contributed by atoms with Crippen LogP contribution in [0, 0.1) is 12.8 Å². The minimum absolute atomic E-state index is 0.0405. The van der Waals surface area contributed by atoms with Crippen LogP contribution < -0.4 is 15.4 Å². The van der Waals surface area contributed by atoms with Crippen LogP contribution in [-0.4, -0.2) is 31.8 Å². The number of aryl methyl sites for hydroxylation is 1. The van der Waals surface area contributed by atoms with E-state index in [9.17, 15) is 18.0 Å². The first kappa shape index (κ1) is 17.6. The fourth-order valence-corrected chi connectivity index (χ4v) is 2.51. The highest BCUT2D eigenvalue weighted by atomic mass is 19.4. The summed E-state index contributed by atoms with van der Waals surface area (Å²) in [5.41, 5.74) is 1.35. The van der Waals surface area contributed by atoms with E-state index in [1.165, 1.54) is 0 Å². The van der Waals surface area contributed by atoms with Gasteiger partial charge in [-0.25, -0.2) is 0 Å². The molecule has 2 rings (SSSR count). The van der Waals surface area contributed by atoms with Crippen molar-refractivity contribution in [1.82, 2.24) is 10.6 Å². The van der Waals surface area contributed by atoms with Gasteiger partial charge in [0.1, 0.15) is 5.75 Å². The minimum Gasteiger partial charge on any atom is -0.484 e. The molecule has 1 heterocycles. The molecule has 0 saturated carbocycles. The smallest absolute Gasteiger partial charge is 0.422 e. The topological polar surface area (TPSA) is 50.4 Å². The molecule has 1 amide bonds. The minimum atomic E-state index is -4.39. The normalized spacial score (nSPS) is 16.2. The Morgan fingerprint density at radius 1 is 1.35 bits per heavy atom. The maximum absolute atomic E-state index is 12.3. The third-order valence-electron chi connectivity index (χ3n) is 3.78. The predicted molar refractivity (Wildman–Crippen MR) is 80.2 cm³/mol. The number of rotatable bonds is 5. The van der Waals surface area contributed by atoms with Crippen LogP contribution in [0.4, 0.5) is 13.2 Å². The van der Waals surface area contributed by atoms with E-state index in [0.717, 1.165) is 31.5 Å². The SMILES string of the molecule is Cc1ccc(CNC(=O)C2CCNCC2)c(OCC(F)(F)F)c1. The number of piperidine rings is 1. The molecular weight excluding hydrogens is 309 g/mol. The number of carbonyl (C=O) groups is 1. The Bertz CT molecular complexity index is 541. The van der Waals surface area contributed by atoms with E-state index in [0.29, 0.717) is 5.56 Å². The van der Waals surface area contributed by atoms with E-state index < -0.39 is 12.8 Å². The Hall–Kier alpha value is -1.76. The molecule has 0 atom stereocenters. The number of benzene rings is 1. The zero-order valence-corrected chi connectivity index (χ0v) is 13.0. The van der Waals surface area contributed by atoms with E-state index in [-0.39, 0.29) is 24.1 Å². The molecule has 0 aromatic heterocycles. The Balaban J connectivity index is 1.96. The molecule has 2 N–H and O–H groups in total. The average molecular weight is 330 g/mol.